The topological polar surface area (TPSA) is 42.2 Å². The lowest BCUT2D eigenvalue weighted by Crippen LogP contribution is -2.07. The largest absolute Gasteiger partial charge is 0.457 e. The Bertz CT molecular complexity index is 1190. The maximum Gasteiger partial charge on any atom is 0.248 e. The molecule has 0 radical (unpaired) electrons. The molecule has 0 saturated heterocycles. The number of halogens is 1. The first-order valence-electron chi connectivity index (χ1n) is 8.93. The van der Waals surface area contributed by atoms with Crippen LogP contribution < -0.4 is 5.32 Å². The van der Waals surface area contributed by atoms with Gasteiger partial charge in [0.2, 0.25) is 5.91 Å². The summed E-state index contributed by atoms with van der Waals surface area (Å²) in [5.41, 5.74) is 2.67. The summed E-state index contributed by atoms with van der Waals surface area (Å²) >= 11 is 6.18. The number of anilines is 1. The molecular weight excluding hydrogens is 370 g/mol. The van der Waals surface area contributed by atoms with Crippen LogP contribution in [0.25, 0.3) is 28.2 Å². The van der Waals surface area contributed by atoms with Gasteiger partial charge in [-0.2, -0.15) is 0 Å². The number of hydrogen-bond donors (Lipinski definition) is 1. The highest BCUT2D eigenvalue weighted by atomic mass is 35.5. The number of fused-ring (bicyclic) bond motifs is 1. The van der Waals surface area contributed by atoms with Gasteiger partial charge >= 0.3 is 0 Å². The minimum atomic E-state index is -0.216. The second-order valence-corrected chi connectivity index (χ2v) is 6.96. The molecule has 0 spiro atoms. The molecule has 28 heavy (non-hydrogen) atoms. The smallest absolute Gasteiger partial charge is 0.248 e. The van der Waals surface area contributed by atoms with Crippen LogP contribution in [0.3, 0.4) is 0 Å². The van der Waals surface area contributed by atoms with Gasteiger partial charge in [-0.05, 0) is 59.7 Å². The molecule has 0 bridgehead atoms. The molecule has 1 N–H and O–H groups in total. The average molecular weight is 388 g/mol. The number of aryl methyl sites for hydroxylation is 1. The summed E-state index contributed by atoms with van der Waals surface area (Å²) in [6.45, 7) is 1.95. The first-order valence-corrected chi connectivity index (χ1v) is 9.30. The van der Waals surface area contributed by atoms with Crippen LogP contribution in [0, 0.1) is 6.92 Å². The Kier molecular flexibility index (Phi) is 5.00. The van der Waals surface area contributed by atoms with E-state index in [-0.39, 0.29) is 5.91 Å². The van der Waals surface area contributed by atoms with E-state index >= 15 is 0 Å². The maximum atomic E-state index is 12.2. The van der Waals surface area contributed by atoms with Gasteiger partial charge in [-0.25, -0.2) is 0 Å². The van der Waals surface area contributed by atoms with Crippen LogP contribution in [0.5, 0.6) is 0 Å². The lowest BCUT2D eigenvalue weighted by molar-refractivity contribution is -0.111. The molecule has 4 aromatic rings. The van der Waals surface area contributed by atoms with Crippen LogP contribution in [0.4, 0.5) is 5.69 Å². The molecule has 0 aliphatic rings. The quantitative estimate of drug-likeness (QED) is 0.395. The van der Waals surface area contributed by atoms with Gasteiger partial charge in [0.1, 0.15) is 11.5 Å². The van der Waals surface area contributed by atoms with Crippen LogP contribution in [-0.4, -0.2) is 5.91 Å². The Labute approximate surface area is 168 Å². The molecule has 0 aliphatic heterocycles. The molecule has 0 aliphatic carbocycles. The van der Waals surface area contributed by atoms with E-state index in [1.54, 1.807) is 6.08 Å². The summed E-state index contributed by atoms with van der Waals surface area (Å²) in [7, 11) is 0. The van der Waals surface area contributed by atoms with E-state index in [9.17, 15) is 4.79 Å². The standard InChI is InChI=1S/C24H18ClNO2/c1-16-6-7-19(15-22(16)25)23-12-10-21(28-23)11-13-24(27)26-20-9-8-17-4-2-3-5-18(17)14-20/h2-15H,1H3,(H,26,27)/b13-11+. The summed E-state index contributed by atoms with van der Waals surface area (Å²) in [5, 5.41) is 5.78. The third kappa shape index (κ3) is 4.00. The number of benzene rings is 3. The van der Waals surface area contributed by atoms with E-state index in [1.807, 2.05) is 79.7 Å². The highest BCUT2D eigenvalue weighted by molar-refractivity contribution is 6.31. The van der Waals surface area contributed by atoms with Crippen molar-refractivity contribution in [2.75, 3.05) is 5.32 Å². The third-order valence-corrected chi connectivity index (χ3v) is 4.91. The van der Waals surface area contributed by atoms with E-state index in [4.69, 9.17) is 16.0 Å². The second-order valence-electron chi connectivity index (χ2n) is 6.55. The van der Waals surface area contributed by atoms with Crippen molar-refractivity contribution in [3.63, 3.8) is 0 Å². The molecule has 1 heterocycles. The van der Waals surface area contributed by atoms with Gasteiger partial charge in [0.05, 0.1) is 0 Å². The van der Waals surface area contributed by atoms with Gasteiger partial charge in [-0.3, -0.25) is 4.79 Å². The molecule has 138 valence electrons. The number of carbonyl (C=O) groups excluding carboxylic acids is 1. The first-order chi connectivity index (χ1) is 13.6. The molecule has 0 fully saturated rings. The molecule has 3 aromatic carbocycles. The van der Waals surface area contributed by atoms with Crippen LogP contribution in [0.15, 0.2) is 83.3 Å². The highest BCUT2D eigenvalue weighted by Crippen LogP contribution is 2.27. The van der Waals surface area contributed by atoms with Gasteiger partial charge < -0.3 is 9.73 Å². The van der Waals surface area contributed by atoms with Crippen molar-refractivity contribution >= 4 is 40.0 Å². The van der Waals surface area contributed by atoms with E-state index in [2.05, 4.69) is 5.32 Å². The summed E-state index contributed by atoms with van der Waals surface area (Å²) < 4.78 is 5.80. The minimum Gasteiger partial charge on any atom is -0.457 e. The fourth-order valence-corrected chi connectivity index (χ4v) is 3.13. The van der Waals surface area contributed by atoms with Gasteiger partial charge in [0.15, 0.2) is 0 Å². The zero-order chi connectivity index (χ0) is 19.5. The molecular formula is C24H18ClNO2. The SMILES string of the molecule is Cc1ccc(-c2ccc(/C=C/C(=O)Nc3ccc4ccccc4c3)o2)cc1Cl. The zero-order valence-electron chi connectivity index (χ0n) is 15.3. The van der Waals surface area contributed by atoms with Crippen LogP contribution in [0.1, 0.15) is 11.3 Å². The van der Waals surface area contributed by atoms with Gasteiger partial charge in [0, 0.05) is 22.3 Å². The average Bonchev–Trinajstić information content (AvgIpc) is 3.17. The van der Waals surface area contributed by atoms with Crippen LogP contribution in [-0.2, 0) is 4.79 Å². The lowest BCUT2D eigenvalue weighted by Gasteiger charge is -2.04. The Hall–Kier alpha value is -3.30. The molecule has 4 rings (SSSR count). The summed E-state index contributed by atoms with van der Waals surface area (Å²) in [5.74, 6) is 1.09. The highest BCUT2D eigenvalue weighted by Gasteiger charge is 2.06. The molecule has 0 unspecified atom stereocenters. The van der Waals surface area contributed by atoms with E-state index in [1.165, 1.54) is 6.08 Å². The third-order valence-electron chi connectivity index (χ3n) is 4.50. The zero-order valence-corrected chi connectivity index (χ0v) is 16.0. The number of hydrogen-bond acceptors (Lipinski definition) is 2. The molecule has 4 heteroatoms. The van der Waals surface area contributed by atoms with Crippen molar-refractivity contribution in [3.8, 4) is 11.3 Å². The predicted molar refractivity (Wildman–Crippen MR) is 116 cm³/mol. The maximum absolute atomic E-state index is 12.2. The normalized spacial score (nSPS) is 11.2. The monoisotopic (exact) mass is 387 g/mol. The van der Waals surface area contributed by atoms with Crippen LogP contribution in [0.2, 0.25) is 5.02 Å². The van der Waals surface area contributed by atoms with Crippen molar-refractivity contribution in [1.29, 1.82) is 0 Å². The molecule has 0 atom stereocenters. The summed E-state index contributed by atoms with van der Waals surface area (Å²) in [6.07, 6.45) is 3.11. The van der Waals surface area contributed by atoms with Crippen molar-refractivity contribution in [1.82, 2.24) is 0 Å². The van der Waals surface area contributed by atoms with Crippen LogP contribution >= 0.6 is 11.6 Å². The Morgan fingerprint density at radius 3 is 2.61 bits per heavy atom. The Balaban J connectivity index is 1.45. The number of furan rings is 1. The number of rotatable bonds is 4. The number of amides is 1. The molecule has 3 nitrogen and oxygen atoms in total. The predicted octanol–water partition coefficient (Wildman–Crippen LogP) is 6.71. The van der Waals surface area contributed by atoms with E-state index < -0.39 is 0 Å². The molecule has 1 aromatic heterocycles. The fourth-order valence-electron chi connectivity index (χ4n) is 2.95. The van der Waals surface area contributed by atoms with Crippen molar-refractivity contribution < 1.29 is 9.21 Å². The Morgan fingerprint density at radius 2 is 1.79 bits per heavy atom. The van der Waals surface area contributed by atoms with Crippen molar-refractivity contribution in [2.45, 2.75) is 6.92 Å². The number of nitrogens with one attached hydrogen (secondary N) is 1. The number of carbonyl (C=O) groups is 1. The van der Waals surface area contributed by atoms with Gasteiger partial charge in [-0.15, -0.1) is 0 Å². The lowest BCUT2D eigenvalue weighted by atomic mass is 10.1. The minimum absolute atomic E-state index is 0.216. The summed E-state index contributed by atoms with van der Waals surface area (Å²) in [4.78, 5) is 12.2. The molecule has 0 saturated carbocycles. The van der Waals surface area contributed by atoms with E-state index in [0.717, 1.165) is 27.6 Å². The van der Waals surface area contributed by atoms with E-state index in [0.29, 0.717) is 16.5 Å². The van der Waals surface area contributed by atoms with Gasteiger partial charge in [-0.1, -0.05) is 54.1 Å². The molecule has 1 amide bonds. The van der Waals surface area contributed by atoms with Crippen molar-refractivity contribution in [2.24, 2.45) is 0 Å². The first kappa shape index (κ1) is 18.1. The van der Waals surface area contributed by atoms with Crippen molar-refractivity contribution in [3.05, 3.63) is 95.2 Å². The Morgan fingerprint density at radius 1 is 0.964 bits per heavy atom. The summed E-state index contributed by atoms with van der Waals surface area (Å²) in [6, 6.07) is 23.3. The van der Waals surface area contributed by atoms with Gasteiger partial charge in [0.25, 0.3) is 0 Å². The fraction of sp³-hybridized carbons (Fsp3) is 0.0417. The second kappa shape index (κ2) is 7.75.